The van der Waals surface area contributed by atoms with Crippen molar-refractivity contribution in [3.63, 3.8) is 0 Å². The van der Waals surface area contributed by atoms with E-state index in [2.05, 4.69) is 15.4 Å². The molecular formula is C14H16FN5. The summed E-state index contributed by atoms with van der Waals surface area (Å²) < 4.78 is 13.5. The molecular weight excluding hydrogens is 257 g/mol. The van der Waals surface area contributed by atoms with E-state index < -0.39 is 0 Å². The Hall–Kier alpha value is -2.21. The molecule has 2 aromatic rings. The molecule has 1 aliphatic rings. The molecule has 0 radical (unpaired) electrons. The van der Waals surface area contributed by atoms with Crippen molar-refractivity contribution in [3.8, 4) is 0 Å². The summed E-state index contributed by atoms with van der Waals surface area (Å²) in [6, 6.07) is 4.87. The fourth-order valence-electron chi connectivity index (χ4n) is 2.59. The van der Waals surface area contributed by atoms with Crippen LogP contribution in [-0.2, 0) is 6.42 Å². The number of nitrogen functional groups attached to an aromatic ring is 1. The number of benzene rings is 1. The van der Waals surface area contributed by atoms with Gasteiger partial charge in [0, 0.05) is 17.8 Å². The topological polar surface area (TPSA) is 67.1 Å². The minimum atomic E-state index is -0.240. The third kappa shape index (κ3) is 1.98. The molecule has 20 heavy (non-hydrogen) atoms. The summed E-state index contributed by atoms with van der Waals surface area (Å²) in [6.45, 7) is 4.49. The first-order valence-corrected chi connectivity index (χ1v) is 6.48. The Labute approximate surface area is 116 Å². The number of nitrogens with one attached hydrogen (secondary N) is 1. The molecule has 0 amide bonds. The minimum absolute atomic E-state index is 0.240. The number of rotatable bonds is 2. The van der Waals surface area contributed by atoms with Crippen LogP contribution in [0.4, 0.5) is 21.7 Å². The molecule has 0 atom stereocenters. The average Bonchev–Trinajstić information content (AvgIpc) is 2.83. The Morgan fingerprint density at radius 3 is 2.85 bits per heavy atom. The molecule has 0 spiro atoms. The van der Waals surface area contributed by atoms with E-state index >= 15 is 0 Å². The standard InChI is InChI=1S/C14H16FN5/c1-8-13(19-16)17-9(2)18-14(8)20-6-5-10-3-4-11(15)7-12(10)20/h3-4,7H,5-6,16H2,1-2H3,(H,17,18,19). The quantitative estimate of drug-likeness (QED) is 0.648. The molecule has 1 aromatic carbocycles. The second-order valence-electron chi connectivity index (χ2n) is 4.89. The highest BCUT2D eigenvalue weighted by atomic mass is 19.1. The SMILES string of the molecule is Cc1nc(NN)c(C)c(N2CCc3ccc(F)cc32)n1. The molecule has 0 saturated heterocycles. The van der Waals surface area contributed by atoms with Crippen LogP contribution in [0.15, 0.2) is 18.2 Å². The summed E-state index contributed by atoms with van der Waals surface area (Å²) in [5.74, 6) is 7.24. The van der Waals surface area contributed by atoms with Gasteiger partial charge in [-0.05, 0) is 38.0 Å². The summed E-state index contributed by atoms with van der Waals surface area (Å²) in [5, 5.41) is 0. The highest BCUT2D eigenvalue weighted by molar-refractivity contribution is 5.72. The van der Waals surface area contributed by atoms with Crippen LogP contribution in [-0.4, -0.2) is 16.5 Å². The van der Waals surface area contributed by atoms with Crippen molar-refractivity contribution in [1.29, 1.82) is 0 Å². The molecule has 1 aliphatic heterocycles. The average molecular weight is 273 g/mol. The molecule has 3 rings (SSSR count). The third-order valence-electron chi connectivity index (χ3n) is 3.57. The molecule has 2 heterocycles. The van der Waals surface area contributed by atoms with Gasteiger partial charge in [-0.1, -0.05) is 6.07 Å². The Morgan fingerprint density at radius 1 is 1.30 bits per heavy atom. The summed E-state index contributed by atoms with van der Waals surface area (Å²) in [5.41, 5.74) is 5.44. The summed E-state index contributed by atoms with van der Waals surface area (Å²) in [6.07, 6.45) is 0.878. The van der Waals surface area contributed by atoms with Crippen LogP contribution in [0.3, 0.4) is 0 Å². The second kappa shape index (κ2) is 4.72. The zero-order chi connectivity index (χ0) is 14.3. The number of hydrazine groups is 1. The van der Waals surface area contributed by atoms with Crippen molar-refractivity contribution in [2.75, 3.05) is 16.9 Å². The van der Waals surface area contributed by atoms with Gasteiger partial charge in [-0.3, -0.25) is 0 Å². The Morgan fingerprint density at radius 2 is 2.10 bits per heavy atom. The number of anilines is 3. The number of nitrogens with zero attached hydrogens (tertiary/aromatic N) is 3. The summed E-state index contributed by atoms with van der Waals surface area (Å²) in [7, 11) is 0. The van der Waals surface area contributed by atoms with Crippen molar-refractivity contribution < 1.29 is 4.39 Å². The summed E-state index contributed by atoms with van der Waals surface area (Å²) in [4.78, 5) is 10.8. The number of nitrogens with two attached hydrogens (primary N) is 1. The van der Waals surface area contributed by atoms with Crippen LogP contribution in [0.2, 0.25) is 0 Å². The normalized spacial score (nSPS) is 13.5. The molecule has 0 bridgehead atoms. The number of fused-ring (bicyclic) bond motifs is 1. The zero-order valence-corrected chi connectivity index (χ0v) is 11.4. The lowest BCUT2D eigenvalue weighted by molar-refractivity contribution is 0.628. The lowest BCUT2D eigenvalue weighted by Crippen LogP contribution is -2.20. The van der Waals surface area contributed by atoms with Gasteiger partial charge in [0.25, 0.3) is 0 Å². The number of aryl methyl sites for hydroxylation is 1. The van der Waals surface area contributed by atoms with Crippen molar-refractivity contribution >= 4 is 17.3 Å². The number of hydrogen-bond donors (Lipinski definition) is 2. The lowest BCUT2D eigenvalue weighted by Gasteiger charge is -2.22. The van der Waals surface area contributed by atoms with Crippen molar-refractivity contribution in [3.05, 3.63) is 41.0 Å². The number of halogens is 1. The van der Waals surface area contributed by atoms with Gasteiger partial charge in [-0.15, -0.1) is 0 Å². The van der Waals surface area contributed by atoms with Crippen LogP contribution < -0.4 is 16.2 Å². The minimum Gasteiger partial charge on any atom is -0.325 e. The molecule has 3 N–H and O–H groups in total. The number of hydrogen-bond acceptors (Lipinski definition) is 5. The van der Waals surface area contributed by atoms with Crippen LogP contribution in [0.25, 0.3) is 0 Å². The molecule has 1 aromatic heterocycles. The van der Waals surface area contributed by atoms with Crippen LogP contribution in [0.5, 0.6) is 0 Å². The maximum atomic E-state index is 13.5. The lowest BCUT2D eigenvalue weighted by atomic mass is 10.1. The zero-order valence-electron chi connectivity index (χ0n) is 11.4. The van der Waals surface area contributed by atoms with Gasteiger partial charge in [-0.2, -0.15) is 0 Å². The fourth-order valence-corrected chi connectivity index (χ4v) is 2.59. The molecule has 6 heteroatoms. The fraction of sp³-hybridized carbons (Fsp3) is 0.286. The first-order chi connectivity index (χ1) is 9.60. The van der Waals surface area contributed by atoms with Gasteiger partial charge in [-0.25, -0.2) is 20.2 Å². The van der Waals surface area contributed by atoms with Gasteiger partial charge >= 0.3 is 0 Å². The monoisotopic (exact) mass is 273 g/mol. The Kier molecular flexibility index (Phi) is 3.02. The first-order valence-electron chi connectivity index (χ1n) is 6.48. The predicted molar refractivity (Wildman–Crippen MR) is 76.4 cm³/mol. The second-order valence-corrected chi connectivity index (χ2v) is 4.89. The number of aromatic nitrogens is 2. The molecule has 0 unspecified atom stereocenters. The van der Waals surface area contributed by atoms with Gasteiger partial charge in [0.2, 0.25) is 0 Å². The maximum absolute atomic E-state index is 13.5. The first kappa shape index (κ1) is 12.8. The molecule has 0 fully saturated rings. The Bertz CT molecular complexity index is 671. The van der Waals surface area contributed by atoms with E-state index in [1.54, 1.807) is 6.07 Å². The predicted octanol–water partition coefficient (Wildman–Crippen LogP) is 2.21. The van der Waals surface area contributed by atoms with Crippen molar-refractivity contribution in [2.45, 2.75) is 20.3 Å². The van der Waals surface area contributed by atoms with E-state index in [0.717, 1.165) is 35.6 Å². The van der Waals surface area contributed by atoms with E-state index in [1.165, 1.54) is 6.07 Å². The van der Waals surface area contributed by atoms with Crippen LogP contribution in [0, 0.1) is 19.7 Å². The van der Waals surface area contributed by atoms with Gasteiger partial charge in [0.1, 0.15) is 23.3 Å². The highest BCUT2D eigenvalue weighted by Gasteiger charge is 2.24. The molecule has 0 aliphatic carbocycles. The van der Waals surface area contributed by atoms with Gasteiger partial charge in [0.05, 0.1) is 0 Å². The van der Waals surface area contributed by atoms with E-state index in [1.807, 2.05) is 24.8 Å². The van der Waals surface area contributed by atoms with E-state index in [4.69, 9.17) is 5.84 Å². The summed E-state index contributed by atoms with van der Waals surface area (Å²) >= 11 is 0. The van der Waals surface area contributed by atoms with Gasteiger partial charge < -0.3 is 10.3 Å². The Balaban J connectivity index is 2.13. The van der Waals surface area contributed by atoms with Crippen molar-refractivity contribution in [2.24, 2.45) is 5.84 Å². The largest absolute Gasteiger partial charge is 0.325 e. The molecule has 104 valence electrons. The van der Waals surface area contributed by atoms with Gasteiger partial charge in [0.15, 0.2) is 0 Å². The van der Waals surface area contributed by atoms with E-state index in [9.17, 15) is 4.39 Å². The maximum Gasteiger partial charge on any atom is 0.148 e. The third-order valence-corrected chi connectivity index (χ3v) is 3.57. The smallest absolute Gasteiger partial charge is 0.148 e. The molecule has 5 nitrogen and oxygen atoms in total. The van der Waals surface area contributed by atoms with E-state index in [-0.39, 0.29) is 5.82 Å². The van der Waals surface area contributed by atoms with Crippen LogP contribution in [0.1, 0.15) is 17.0 Å². The van der Waals surface area contributed by atoms with Crippen LogP contribution >= 0.6 is 0 Å². The van der Waals surface area contributed by atoms with E-state index in [0.29, 0.717) is 11.6 Å². The molecule has 0 saturated carbocycles. The van der Waals surface area contributed by atoms with Crippen molar-refractivity contribution in [1.82, 2.24) is 9.97 Å². The highest BCUT2D eigenvalue weighted by Crippen LogP contribution is 2.36.